The van der Waals surface area contributed by atoms with Crippen LogP contribution in [0.3, 0.4) is 0 Å². The van der Waals surface area contributed by atoms with Gasteiger partial charge in [0.2, 0.25) is 0 Å². The van der Waals surface area contributed by atoms with Crippen LogP contribution >= 0.6 is 0 Å². The summed E-state index contributed by atoms with van der Waals surface area (Å²) in [7, 11) is 0. The Bertz CT molecular complexity index is 1250. The molecule has 1 aliphatic heterocycles. The van der Waals surface area contributed by atoms with E-state index in [4.69, 9.17) is 5.73 Å². The van der Waals surface area contributed by atoms with Crippen LogP contribution < -0.4 is 21.7 Å². The van der Waals surface area contributed by atoms with Gasteiger partial charge in [0.05, 0.1) is 11.4 Å². The number of nitrogens with zero attached hydrogens (tertiary/aromatic N) is 1. The molecule has 7 heteroatoms. The number of anilines is 3. The molecular formula is C28H31N5O2. The van der Waals surface area contributed by atoms with Gasteiger partial charge in [-0.2, -0.15) is 0 Å². The lowest BCUT2D eigenvalue weighted by Crippen LogP contribution is -2.46. The first-order chi connectivity index (χ1) is 17.1. The second-order valence-electron chi connectivity index (χ2n) is 9.13. The van der Waals surface area contributed by atoms with Crippen molar-refractivity contribution in [1.29, 1.82) is 0 Å². The maximum absolute atomic E-state index is 13.5. The molecule has 1 saturated heterocycles. The standard InChI is InChI=1S/C28H31N5O2/c29-25-3-1-2-4-26(25)32-22-9-10-23-20(17-22)7-5-19-6-8-21(18-24(19)27(23)34)28(35)31-13-16-33-14-11-30-12-15-33/h1-4,6,8-10,17-18,30,32H,5,7,11-16,29H2,(H,31,35). The third-order valence-corrected chi connectivity index (χ3v) is 6.79. The summed E-state index contributed by atoms with van der Waals surface area (Å²) in [5.41, 5.74) is 12.3. The highest BCUT2D eigenvalue weighted by Gasteiger charge is 2.23. The number of hydrogen-bond acceptors (Lipinski definition) is 6. The smallest absolute Gasteiger partial charge is 0.251 e. The summed E-state index contributed by atoms with van der Waals surface area (Å²) in [6.07, 6.45) is 1.50. The number of ketones is 1. The topological polar surface area (TPSA) is 99.5 Å². The van der Waals surface area contributed by atoms with Crippen LogP contribution in [0.15, 0.2) is 60.7 Å². The van der Waals surface area contributed by atoms with E-state index in [0.717, 1.165) is 68.1 Å². The van der Waals surface area contributed by atoms with Crippen LogP contribution in [-0.2, 0) is 12.8 Å². The van der Waals surface area contributed by atoms with Crippen LogP contribution in [0.1, 0.15) is 37.4 Å². The quantitative estimate of drug-likeness (QED) is 0.414. The number of para-hydroxylation sites is 2. The van der Waals surface area contributed by atoms with E-state index in [-0.39, 0.29) is 11.7 Å². The monoisotopic (exact) mass is 469 g/mol. The molecule has 1 amide bonds. The number of fused-ring (bicyclic) bond motifs is 2. The van der Waals surface area contributed by atoms with Gasteiger partial charge in [0.15, 0.2) is 5.78 Å². The molecule has 180 valence electrons. The number of piperazine rings is 1. The van der Waals surface area contributed by atoms with Gasteiger partial charge in [-0.25, -0.2) is 0 Å². The minimum absolute atomic E-state index is 0.0336. The van der Waals surface area contributed by atoms with Crippen molar-refractivity contribution in [3.63, 3.8) is 0 Å². The van der Waals surface area contributed by atoms with Crippen LogP contribution in [0.2, 0.25) is 0 Å². The molecule has 3 aromatic carbocycles. The zero-order valence-corrected chi connectivity index (χ0v) is 19.8. The maximum atomic E-state index is 13.5. The second kappa shape index (κ2) is 10.3. The number of nitrogens with two attached hydrogens (primary N) is 1. The van der Waals surface area contributed by atoms with E-state index >= 15 is 0 Å². The molecule has 0 saturated carbocycles. The average molecular weight is 470 g/mol. The summed E-state index contributed by atoms with van der Waals surface area (Å²) in [4.78, 5) is 28.6. The van der Waals surface area contributed by atoms with Crippen molar-refractivity contribution in [2.75, 3.05) is 50.3 Å². The molecule has 0 unspecified atom stereocenters. The van der Waals surface area contributed by atoms with Crippen molar-refractivity contribution in [3.8, 4) is 0 Å². The number of benzene rings is 3. The Morgan fingerprint density at radius 1 is 0.943 bits per heavy atom. The Kier molecular flexibility index (Phi) is 6.79. The van der Waals surface area contributed by atoms with Crippen LogP contribution in [0.25, 0.3) is 0 Å². The largest absolute Gasteiger partial charge is 0.397 e. The van der Waals surface area contributed by atoms with Crippen molar-refractivity contribution >= 4 is 28.8 Å². The number of rotatable bonds is 6. The SMILES string of the molecule is Nc1ccccc1Nc1ccc2c(c1)CCc1ccc(C(=O)NCCN3CCNCC3)cc1C2=O. The summed E-state index contributed by atoms with van der Waals surface area (Å²) in [6, 6.07) is 18.9. The van der Waals surface area contributed by atoms with Crippen LogP contribution in [-0.4, -0.2) is 55.9 Å². The van der Waals surface area contributed by atoms with E-state index in [0.29, 0.717) is 28.9 Å². The Morgan fingerprint density at radius 2 is 1.74 bits per heavy atom. The van der Waals surface area contributed by atoms with E-state index in [9.17, 15) is 9.59 Å². The lowest BCUT2D eigenvalue weighted by Gasteiger charge is -2.27. The molecule has 1 heterocycles. The summed E-state index contributed by atoms with van der Waals surface area (Å²) in [5, 5.41) is 9.69. The van der Waals surface area contributed by atoms with Crippen molar-refractivity contribution in [1.82, 2.24) is 15.5 Å². The first-order valence-corrected chi connectivity index (χ1v) is 12.2. The summed E-state index contributed by atoms with van der Waals surface area (Å²) in [6.45, 7) is 5.39. The minimum atomic E-state index is -0.139. The lowest BCUT2D eigenvalue weighted by molar-refractivity contribution is 0.0947. The highest BCUT2D eigenvalue weighted by atomic mass is 16.1. The lowest BCUT2D eigenvalue weighted by atomic mass is 9.96. The van der Waals surface area contributed by atoms with Gasteiger partial charge in [-0.05, 0) is 66.4 Å². The zero-order chi connectivity index (χ0) is 24.2. The number of carbonyl (C=O) groups excluding carboxylic acids is 2. The van der Waals surface area contributed by atoms with Gasteiger partial charge < -0.3 is 21.7 Å². The Hall–Kier alpha value is -3.68. The van der Waals surface area contributed by atoms with Crippen molar-refractivity contribution in [2.45, 2.75) is 12.8 Å². The highest BCUT2D eigenvalue weighted by Crippen LogP contribution is 2.29. The summed E-state index contributed by atoms with van der Waals surface area (Å²) in [5.74, 6) is -0.172. The molecule has 0 atom stereocenters. The van der Waals surface area contributed by atoms with Gasteiger partial charge in [0.25, 0.3) is 5.91 Å². The fourth-order valence-electron chi connectivity index (χ4n) is 4.79. The molecule has 1 fully saturated rings. The third-order valence-electron chi connectivity index (χ3n) is 6.79. The number of carbonyl (C=O) groups is 2. The predicted molar refractivity (Wildman–Crippen MR) is 140 cm³/mol. The fourth-order valence-corrected chi connectivity index (χ4v) is 4.79. The first-order valence-electron chi connectivity index (χ1n) is 12.2. The van der Waals surface area contributed by atoms with Crippen LogP contribution in [0, 0.1) is 0 Å². The highest BCUT2D eigenvalue weighted by molar-refractivity contribution is 6.12. The summed E-state index contributed by atoms with van der Waals surface area (Å²) < 4.78 is 0. The predicted octanol–water partition coefficient (Wildman–Crippen LogP) is 2.98. The van der Waals surface area contributed by atoms with Crippen molar-refractivity contribution < 1.29 is 9.59 Å². The van der Waals surface area contributed by atoms with E-state index in [1.807, 2.05) is 54.6 Å². The van der Waals surface area contributed by atoms with Gasteiger partial charge in [-0.15, -0.1) is 0 Å². The van der Waals surface area contributed by atoms with E-state index in [1.54, 1.807) is 6.07 Å². The fraction of sp³-hybridized carbons (Fsp3) is 0.286. The molecule has 35 heavy (non-hydrogen) atoms. The molecule has 5 rings (SSSR count). The molecule has 3 aromatic rings. The van der Waals surface area contributed by atoms with Gasteiger partial charge in [0.1, 0.15) is 0 Å². The molecule has 2 aliphatic rings. The Morgan fingerprint density at radius 3 is 2.57 bits per heavy atom. The molecule has 0 bridgehead atoms. The van der Waals surface area contributed by atoms with Gasteiger partial charge in [-0.3, -0.25) is 14.5 Å². The van der Waals surface area contributed by atoms with Crippen molar-refractivity contribution in [2.24, 2.45) is 0 Å². The second-order valence-corrected chi connectivity index (χ2v) is 9.13. The van der Waals surface area contributed by atoms with E-state index in [1.165, 1.54) is 0 Å². The number of nitrogen functional groups attached to an aromatic ring is 1. The van der Waals surface area contributed by atoms with E-state index < -0.39 is 0 Å². The van der Waals surface area contributed by atoms with Gasteiger partial charge in [0, 0.05) is 61.6 Å². The maximum Gasteiger partial charge on any atom is 0.251 e. The Labute approximate surface area is 205 Å². The number of hydrogen-bond donors (Lipinski definition) is 4. The van der Waals surface area contributed by atoms with Gasteiger partial charge >= 0.3 is 0 Å². The molecule has 1 aliphatic carbocycles. The number of nitrogens with one attached hydrogen (secondary N) is 3. The minimum Gasteiger partial charge on any atom is -0.397 e. The van der Waals surface area contributed by atoms with Crippen molar-refractivity contribution in [3.05, 3.63) is 88.5 Å². The first kappa shape index (κ1) is 23.1. The molecule has 5 N–H and O–H groups in total. The zero-order valence-electron chi connectivity index (χ0n) is 19.8. The molecule has 0 spiro atoms. The number of aryl methyl sites for hydroxylation is 2. The normalized spacial score (nSPS) is 15.6. The Balaban J connectivity index is 1.30. The van der Waals surface area contributed by atoms with Crippen LogP contribution in [0.5, 0.6) is 0 Å². The molecular weight excluding hydrogens is 438 g/mol. The van der Waals surface area contributed by atoms with Crippen LogP contribution in [0.4, 0.5) is 17.1 Å². The van der Waals surface area contributed by atoms with E-state index in [2.05, 4.69) is 20.9 Å². The van der Waals surface area contributed by atoms with Gasteiger partial charge in [-0.1, -0.05) is 18.2 Å². The molecule has 7 nitrogen and oxygen atoms in total. The molecule has 0 radical (unpaired) electrons. The third kappa shape index (κ3) is 5.21. The average Bonchev–Trinajstić information content (AvgIpc) is 3.02. The summed E-state index contributed by atoms with van der Waals surface area (Å²) >= 11 is 0. The molecule has 0 aromatic heterocycles. The number of amides is 1.